The molecule has 0 spiro atoms. The molecule has 1 saturated heterocycles. The summed E-state index contributed by atoms with van der Waals surface area (Å²) >= 11 is 6.26. The quantitative estimate of drug-likeness (QED) is 0.675. The number of aryl methyl sites for hydroxylation is 1. The van der Waals surface area contributed by atoms with Gasteiger partial charge in [0.25, 0.3) is 0 Å². The molecule has 1 unspecified atom stereocenters. The Morgan fingerprint density at radius 3 is 2.81 bits per heavy atom. The number of rotatable bonds is 5. The molecule has 1 aromatic carbocycles. The second-order valence-electron chi connectivity index (χ2n) is 6.90. The van der Waals surface area contributed by atoms with Crippen molar-refractivity contribution in [2.75, 3.05) is 19.7 Å². The zero-order chi connectivity index (χ0) is 18.6. The van der Waals surface area contributed by atoms with E-state index in [4.69, 9.17) is 16.3 Å². The number of halogens is 1. The highest BCUT2D eigenvalue weighted by Crippen LogP contribution is 2.23. The number of morpholine rings is 1. The van der Waals surface area contributed by atoms with Crippen LogP contribution in [0.25, 0.3) is 0 Å². The van der Waals surface area contributed by atoms with Crippen LogP contribution in [0.15, 0.2) is 54.9 Å². The first-order valence-electron chi connectivity index (χ1n) is 9.18. The molecule has 0 radical (unpaired) electrons. The molecule has 1 aliphatic heterocycles. The fourth-order valence-corrected chi connectivity index (χ4v) is 3.61. The van der Waals surface area contributed by atoms with Gasteiger partial charge in [0.2, 0.25) is 0 Å². The fourth-order valence-electron chi connectivity index (χ4n) is 3.40. The lowest BCUT2D eigenvalue weighted by molar-refractivity contribution is -0.0356. The number of ether oxygens (including phenoxy) is 1. The molecule has 6 heteroatoms. The van der Waals surface area contributed by atoms with E-state index < -0.39 is 0 Å². The van der Waals surface area contributed by atoms with Gasteiger partial charge in [-0.25, -0.2) is 0 Å². The van der Waals surface area contributed by atoms with Crippen LogP contribution >= 0.6 is 11.6 Å². The molecule has 0 bridgehead atoms. The molecule has 1 atom stereocenters. The van der Waals surface area contributed by atoms with Crippen LogP contribution < -0.4 is 0 Å². The highest BCUT2D eigenvalue weighted by molar-refractivity contribution is 6.31. The minimum absolute atomic E-state index is 0.00124. The zero-order valence-corrected chi connectivity index (χ0v) is 16.1. The van der Waals surface area contributed by atoms with E-state index in [9.17, 15) is 0 Å². The molecular weight excluding hydrogens is 360 g/mol. The molecule has 5 nitrogen and oxygen atoms in total. The van der Waals surface area contributed by atoms with Crippen LogP contribution in [0.5, 0.6) is 0 Å². The Morgan fingerprint density at radius 2 is 2.07 bits per heavy atom. The van der Waals surface area contributed by atoms with Crippen molar-refractivity contribution in [2.45, 2.75) is 19.1 Å². The second-order valence-corrected chi connectivity index (χ2v) is 7.31. The van der Waals surface area contributed by atoms with Crippen molar-refractivity contribution in [2.24, 2.45) is 7.05 Å². The number of nitrogens with zero attached hydrogens (tertiary/aromatic N) is 4. The summed E-state index contributed by atoms with van der Waals surface area (Å²) in [6, 6.07) is 14.2. The van der Waals surface area contributed by atoms with Crippen molar-refractivity contribution < 1.29 is 4.74 Å². The Hall–Kier alpha value is -2.21. The van der Waals surface area contributed by atoms with Gasteiger partial charge in [-0.05, 0) is 29.3 Å². The first-order valence-corrected chi connectivity index (χ1v) is 9.56. The van der Waals surface area contributed by atoms with E-state index >= 15 is 0 Å². The van der Waals surface area contributed by atoms with Crippen molar-refractivity contribution in [3.05, 3.63) is 82.4 Å². The molecular formula is C21H23ClN4O. The van der Waals surface area contributed by atoms with Gasteiger partial charge in [-0.15, -0.1) is 0 Å². The molecule has 1 aliphatic rings. The van der Waals surface area contributed by atoms with Crippen LogP contribution in [0.4, 0.5) is 0 Å². The predicted molar refractivity (Wildman–Crippen MR) is 106 cm³/mol. The second kappa shape index (κ2) is 8.21. The average molecular weight is 383 g/mol. The number of hydrogen-bond donors (Lipinski definition) is 0. The van der Waals surface area contributed by atoms with Gasteiger partial charge in [-0.3, -0.25) is 14.6 Å². The van der Waals surface area contributed by atoms with Gasteiger partial charge >= 0.3 is 0 Å². The van der Waals surface area contributed by atoms with Gasteiger partial charge in [0.1, 0.15) is 6.10 Å². The number of hydrogen-bond acceptors (Lipinski definition) is 4. The van der Waals surface area contributed by atoms with Gasteiger partial charge in [0.15, 0.2) is 0 Å². The predicted octanol–water partition coefficient (Wildman–Crippen LogP) is 3.63. The maximum Gasteiger partial charge on any atom is 0.112 e. The van der Waals surface area contributed by atoms with E-state index in [1.807, 2.05) is 42.3 Å². The van der Waals surface area contributed by atoms with E-state index in [2.05, 4.69) is 39.2 Å². The van der Waals surface area contributed by atoms with Gasteiger partial charge in [-0.2, -0.15) is 5.10 Å². The SMILES string of the molecule is Cn1nccc1CN1CCOC(c2ccc(Cc3ccccc3Cl)cn2)C1. The molecule has 0 aliphatic carbocycles. The first kappa shape index (κ1) is 18.2. The summed E-state index contributed by atoms with van der Waals surface area (Å²) < 4.78 is 7.90. The molecule has 1 fully saturated rings. The fraction of sp³-hybridized carbons (Fsp3) is 0.333. The summed E-state index contributed by atoms with van der Waals surface area (Å²) in [7, 11) is 1.98. The number of aromatic nitrogens is 3. The molecule has 0 amide bonds. The van der Waals surface area contributed by atoms with E-state index in [0.29, 0.717) is 6.61 Å². The van der Waals surface area contributed by atoms with Crippen molar-refractivity contribution in [3.8, 4) is 0 Å². The Labute approximate surface area is 164 Å². The van der Waals surface area contributed by atoms with Crippen LogP contribution in [0.2, 0.25) is 5.02 Å². The average Bonchev–Trinajstić information content (AvgIpc) is 3.09. The normalized spacial score (nSPS) is 17.9. The van der Waals surface area contributed by atoms with Crippen LogP contribution in [0.1, 0.15) is 28.6 Å². The number of pyridine rings is 1. The summed E-state index contributed by atoms with van der Waals surface area (Å²) in [4.78, 5) is 7.06. The largest absolute Gasteiger partial charge is 0.369 e. The molecule has 27 heavy (non-hydrogen) atoms. The third kappa shape index (κ3) is 4.38. The first-order chi connectivity index (χ1) is 13.2. The molecule has 4 rings (SSSR count). The lowest BCUT2D eigenvalue weighted by Gasteiger charge is -2.32. The van der Waals surface area contributed by atoms with Crippen molar-refractivity contribution in [1.29, 1.82) is 0 Å². The highest BCUT2D eigenvalue weighted by Gasteiger charge is 2.23. The monoisotopic (exact) mass is 382 g/mol. The maximum atomic E-state index is 6.26. The smallest absolute Gasteiger partial charge is 0.112 e. The molecule has 2 aromatic heterocycles. The molecule has 3 aromatic rings. The Morgan fingerprint density at radius 1 is 1.19 bits per heavy atom. The van der Waals surface area contributed by atoms with Gasteiger partial charge in [0.05, 0.1) is 18.0 Å². The minimum atomic E-state index is 0.00124. The summed E-state index contributed by atoms with van der Waals surface area (Å²) in [6.45, 7) is 3.35. The van der Waals surface area contributed by atoms with Gasteiger partial charge in [-0.1, -0.05) is 35.9 Å². The zero-order valence-electron chi connectivity index (χ0n) is 15.4. The lowest BCUT2D eigenvalue weighted by atomic mass is 10.1. The van der Waals surface area contributed by atoms with Crippen LogP contribution in [0, 0.1) is 0 Å². The maximum absolute atomic E-state index is 6.26. The van der Waals surface area contributed by atoms with Crippen LogP contribution in [-0.4, -0.2) is 39.4 Å². The molecule has 140 valence electrons. The number of benzene rings is 1. The standard InChI is InChI=1S/C21H23ClN4O/c1-25-18(8-9-24-25)14-26-10-11-27-21(15-26)20-7-6-16(13-23-20)12-17-4-2-3-5-19(17)22/h2-9,13,21H,10-12,14-15H2,1H3. The van der Waals surface area contributed by atoms with E-state index in [1.54, 1.807) is 0 Å². The van der Waals surface area contributed by atoms with Crippen molar-refractivity contribution >= 4 is 11.6 Å². The Bertz CT molecular complexity index is 893. The summed E-state index contributed by atoms with van der Waals surface area (Å²) in [5, 5.41) is 5.04. The third-order valence-electron chi connectivity index (χ3n) is 4.99. The highest BCUT2D eigenvalue weighted by atomic mass is 35.5. The van der Waals surface area contributed by atoms with Crippen molar-refractivity contribution in [1.82, 2.24) is 19.7 Å². The topological polar surface area (TPSA) is 43.2 Å². The molecule has 0 N–H and O–H groups in total. The van der Waals surface area contributed by atoms with E-state index in [-0.39, 0.29) is 6.10 Å². The lowest BCUT2D eigenvalue weighted by Crippen LogP contribution is -2.38. The minimum Gasteiger partial charge on any atom is -0.369 e. The summed E-state index contributed by atoms with van der Waals surface area (Å²) in [5.74, 6) is 0. The third-order valence-corrected chi connectivity index (χ3v) is 5.36. The van der Waals surface area contributed by atoms with E-state index in [0.717, 1.165) is 47.9 Å². The van der Waals surface area contributed by atoms with Gasteiger partial charge < -0.3 is 4.74 Å². The van der Waals surface area contributed by atoms with E-state index in [1.165, 1.54) is 5.69 Å². The summed E-state index contributed by atoms with van der Waals surface area (Å²) in [5.41, 5.74) is 4.45. The van der Waals surface area contributed by atoms with Crippen LogP contribution in [-0.2, 0) is 24.8 Å². The molecule has 0 saturated carbocycles. The molecule has 3 heterocycles. The van der Waals surface area contributed by atoms with Crippen molar-refractivity contribution in [3.63, 3.8) is 0 Å². The Balaban J connectivity index is 1.41. The van der Waals surface area contributed by atoms with Crippen LogP contribution in [0.3, 0.4) is 0 Å². The van der Waals surface area contributed by atoms with Gasteiger partial charge in [0, 0.05) is 50.5 Å². The Kier molecular flexibility index (Phi) is 5.53. The summed E-state index contributed by atoms with van der Waals surface area (Å²) in [6.07, 6.45) is 4.56.